The molecule has 29 heavy (non-hydrogen) atoms. The van der Waals surface area contributed by atoms with Crippen molar-refractivity contribution >= 4 is 16.9 Å². The van der Waals surface area contributed by atoms with E-state index >= 15 is 0 Å². The number of nitrogens with one attached hydrogen (secondary N) is 1. The predicted molar refractivity (Wildman–Crippen MR) is 105 cm³/mol. The summed E-state index contributed by atoms with van der Waals surface area (Å²) in [5, 5.41) is 6.73. The number of amides is 1. The Morgan fingerprint density at radius 2 is 2.03 bits per heavy atom. The predicted octanol–water partition coefficient (Wildman–Crippen LogP) is 2.20. The van der Waals surface area contributed by atoms with Crippen LogP contribution in [0.15, 0.2) is 59.6 Å². The van der Waals surface area contributed by atoms with Crippen LogP contribution in [0.5, 0.6) is 0 Å². The zero-order valence-corrected chi connectivity index (χ0v) is 15.7. The number of aryl methyl sites for hydroxylation is 1. The second-order valence-electron chi connectivity index (χ2n) is 6.37. The van der Waals surface area contributed by atoms with Crippen LogP contribution >= 0.6 is 0 Å². The lowest BCUT2D eigenvalue weighted by Crippen LogP contribution is -2.29. The van der Waals surface area contributed by atoms with Crippen LogP contribution in [-0.4, -0.2) is 43.7 Å². The number of carbonyl (C=O) groups is 1. The molecule has 0 aliphatic carbocycles. The summed E-state index contributed by atoms with van der Waals surface area (Å²) in [5.74, 6) is 0.591. The number of ether oxygens (including phenoxy) is 1. The highest BCUT2D eigenvalue weighted by atomic mass is 16.5. The van der Waals surface area contributed by atoms with Crippen molar-refractivity contribution in [3.63, 3.8) is 0 Å². The van der Waals surface area contributed by atoms with Gasteiger partial charge < -0.3 is 19.1 Å². The van der Waals surface area contributed by atoms with E-state index in [1.54, 1.807) is 24.5 Å². The van der Waals surface area contributed by atoms with Crippen LogP contribution in [0.1, 0.15) is 12.3 Å². The summed E-state index contributed by atoms with van der Waals surface area (Å²) in [7, 11) is 0. The molecule has 3 heterocycles. The molecule has 9 heteroatoms. The Kier molecular flexibility index (Phi) is 5.87. The van der Waals surface area contributed by atoms with Gasteiger partial charge in [0.1, 0.15) is 13.2 Å². The molecule has 148 valence electrons. The van der Waals surface area contributed by atoms with Gasteiger partial charge in [-0.3, -0.25) is 9.78 Å². The third kappa shape index (κ3) is 4.82. The van der Waals surface area contributed by atoms with Crippen molar-refractivity contribution in [2.24, 2.45) is 0 Å². The summed E-state index contributed by atoms with van der Waals surface area (Å²) in [6, 6.07) is 11.5. The number of para-hydroxylation sites is 2. The van der Waals surface area contributed by atoms with E-state index in [1.165, 1.54) is 0 Å². The molecule has 1 aromatic carbocycles. The lowest BCUT2D eigenvalue weighted by molar-refractivity contribution is -0.126. The monoisotopic (exact) mass is 392 g/mol. The summed E-state index contributed by atoms with van der Waals surface area (Å²) >= 11 is 0. The first-order chi connectivity index (χ1) is 14.3. The molecule has 4 aromatic rings. The molecular weight excluding hydrogens is 372 g/mol. The third-order valence-corrected chi connectivity index (χ3v) is 4.29. The maximum absolute atomic E-state index is 11.9. The summed E-state index contributed by atoms with van der Waals surface area (Å²) < 4.78 is 12.6. The molecule has 0 bridgehead atoms. The van der Waals surface area contributed by atoms with E-state index in [0.717, 1.165) is 29.6 Å². The van der Waals surface area contributed by atoms with Crippen LogP contribution in [0.2, 0.25) is 0 Å². The Morgan fingerprint density at radius 1 is 1.17 bits per heavy atom. The Morgan fingerprint density at radius 3 is 2.93 bits per heavy atom. The maximum Gasteiger partial charge on any atom is 0.252 e. The van der Waals surface area contributed by atoms with Crippen LogP contribution < -0.4 is 5.32 Å². The second-order valence-corrected chi connectivity index (χ2v) is 6.37. The van der Waals surface area contributed by atoms with Crippen molar-refractivity contribution < 1.29 is 14.1 Å². The fourth-order valence-corrected chi connectivity index (χ4v) is 2.88. The molecule has 0 unspecified atom stereocenters. The van der Waals surface area contributed by atoms with E-state index in [4.69, 9.17) is 9.26 Å². The fourth-order valence-electron chi connectivity index (χ4n) is 2.88. The number of imidazole rings is 1. The Hall–Kier alpha value is -3.59. The zero-order chi connectivity index (χ0) is 19.9. The molecule has 0 saturated carbocycles. The Balaban J connectivity index is 1.15. The summed E-state index contributed by atoms with van der Waals surface area (Å²) in [6.45, 7) is 1.34. The van der Waals surface area contributed by atoms with Crippen molar-refractivity contribution in [3.8, 4) is 11.4 Å². The van der Waals surface area contributed by atoms with Crippen molar-refractivity contribution in [2.75, 3.05) is 13.2 Å². The number of nitrogens with zero attached hydrogens (tertiary/aromatic N) is 5. The topological polar surface area (TPSA) is 108 Å². The summed E-state index contributed by atoms with van der Waals surface area (Å²) in [5.41, 5.74) is 2.87. The van der Waals surface area contributed by atoms with Gasteiger partial charge in [-0.1, -0.05) is 17.3 Å². The minimum absolute atomic E-state index is 0.0685. The zero-order valence-electron chi connectivity index (χ0n) is 15.7. The van der Waals surface area contributed by atoms with E-state index in [2.05, 4.69) is 30.0 Å². The van der Waals surface area contributed by atoms with Gasteiger partial charge in [0, 0.05) is 31.0 Å². The number of aromatic nitrogens is 5. The number of hydrogen-bond acceptors (Lipinski definition) is 7. The van der Waals surface area contributed by atoms with Gasteiger partial charge in [0.15, 0.2) is 0 Å². The van der Waals surface area contributed by atoms with Crippen molar-refractivity contribution in [1.29, 1.82) is 0 Å². The number of fused-ring (bicyclic) bond motifs is 1. The first-order valence-corrected chi connectivity index (χ1v) is 9.27. The Labute approximate surface area is 166 Å². The maximum atomic E-state index is 11.9. The molecule has 0 radical (unpaired) electrons. The summed E-state index contributed by atoms with van der Waals surface area (Å²) in [6.07, 6.45) is 5.92. The molecule has 4 rings (SSSR count). The molecule has 0 aliphatic rings. The number of hydrogen-bond donors (Lipinski definition) is 1. The van der Waals surface area contributed by atoms with Gasteiger partial charge in [0.25, 0.3) is 5.89 Å². The molecule has 9 nitrogen and oxygen atoms in total. The minimum Gasteiger partial charge on any atom is -0.362 e. The van der Waals surface area contributed by atoms with Crippen molar-refractivity contribution in [2.45, 2.75) is 19.6 Å². The van der Waals surface area contributed by atoms with Crippen LogP contribution in [-0.2, 0) is 22.7 Å². The van der Waals surface area contributed by atoms with E-state index in [0.29, 0.717) is 18.3 Å². The second kappa shape index (κ2) is 9.07. The molecule has 0 atom stereocenters. The van der Waals surface area contributed by atoms with Gasteiger partial charge in [0.05, 0.1) is 17.4 Å². The average molecular weight is 392 g/mol. The average Bonchev–Trinajstić information content (AvgIpc) is 3.39. The normalized spacial score (nSPS) is 11.0. The quantitative estimate of drug-likeness (QED) is 0.435. The molecule has 1 amide bonds. The van der Waals surface area contributed by atoms with Gasteiger partial charge in [-0.15, -0.1) is 0 Å². The molecular formula is C20H20N6O3. The lowest BCUT2D eigenvalue weighted by Gasteiger charge is -2.06. The third-order valence-electron chi connectivity index (χ3n) is 4.29. The molecule has 0 fully saturated rings. The fraction of sp³-hybridized carbons (Fsp3) is 0.250. The minimum atomic E-state index is -0.186. The van der Waals surface area contributed by atoms with Crippen molar-refractivity contribution in [1.82, 2.24) is 30.0 Å². The number of carbonyl (C=O) groups excluding carboxylic acids is 1. The SMILES string of the molecule is O=C(COCc1nc(-c2ccncc2)no1)NCCCn1cnc2ccccc21. The van der Waals surface area contributed by atoms with Gasteiger partial charge in [-0.05, 0) is 30.7 Å². The number of benzene rings is 1. The molecule has 1 N–H and O–H groups in total. The van der Waals surface area contributed by atoms with Crippen molar-refractivity contribution in [3.05, 3.63) is 61.0 Å². The van der Waals surface area contributed by atoms with Gasteiger partial charge >= 0.3 is 0 Å². The smallest absolute Gasteiger partial charge is 0.252 e. The van der Waals surface area contributed by atoms with Gasteiger partial charge in [-0.25, -0.2) is 4.98 Å². The standard InChI is InChI=1S/C20H20N6O3/c27-18(22-8-3-11-26-14-23-16-4-1-2-5-17(16)26)12-28-13-19-24-20(25-29-19)15-6-9-21-10-7-15/h1-2,4-7,9-10,14H,3,8,11-13H2,(H,22,27). The van der Waals surface area contributed by atoms with Gasteiger partial charge in [0.2, 0.25) is 11.7 Å². The van der Waals surface area contributed by atoms with E-state index in [1.807, 2.05) is 30.6 Å². The Bertz CT molecular complexity index is 1080. The van der Waals surface area contributed by atoms with E-state index in [-0.39, 0.29) is 19.1 Å². The highest BCUT2D eigenvalue weighted by Crippen LogP contribution is 2.14. The van der Waals surface area contributed by atoms with Crippen LogP contribution in [0.25, 0.3) is 22.4 Å². The largest absolute Gasteiger partial charge is 0.362 e. The lowest BCUT2D eigenvalue weighted by atomic mass is 10.2. The number of rotatable bonds is 9. The van der Waals surface area contributed by atoms with Gasteiger partial charge in [-0.2, -0.15) is 4.98 Å². The first-order valence-electron chi connectivity index (χ1n) is 9.27. The van der Waals surface area contributed by atoms with Crippen LogP contribution in [0.3, 0.4) is 0 Å². The highest BCUT2D eigenvalue weighted by Gasteiger charge is 2.09. The van der Waals surface area contributed by atoms with E-state index < -0.39 is 0 Å². The molecule has 0 aliphatic heterocycles. The van der Waals surface area contributed by atoms with E-state index in [9.17, 15) is 4.79 Å². The number of pyridine rings is 1. The molecule has 0 spiro atoms. The van der Waals surface area contributed by atoms with Crippen LogP contribution in [0.4, 0.5) is 0 Å². The highest BCUT2D eigenvalue weighted by molar-refractivity contribution is 5.77. The summed E-state index contributed by atoms with van der Waals surface area (Å²) in [4.78, 5) is 24.4. The first kappa shape index (κ1) is 18.8. The van der Waals surface area contributed by atoms with Crippen LogP contribution in [0, 0.1) is 0 Å². The molecule has 0 saturated heterocycles. The molecule has 3 aromatic heterocycles.